The summed E-state index contributed by atoms with van der Waals surface area (Å²) in [4.78, 5) is 52.7. The molecule has 1 atom stereocenters. The summed E-state index contributed by atoms with van der Waals surface area (Å²) >= 11 is 0. The number of hydrogen-bond acceptors (Lipinski definition) is 9. The van der Waals surface area contributed by atoms with Crippen LogP contribution >= 0.6 is 0 Å². The molecule has 0 bridgehead atoms. The monoisotopic (exact) mass is 552 g/mol. The van der Waals surface area contributed by atoms with Gasteiger partial charge in [0.15, 0.2) is 11.6 Å². The molecule has 0 radical (unpaired) electrons. The lowest BCUT2D eigenvalue weighted by Gasteiger charge is -2.30. The average Bonchev–Trinajstić information content (AvgIpc) is 3.25. The van der Waals surface area contributed by atoms with Gasteiger partial charge < -0.3 is 24.4 Å². The van der Waals surface area contributed by atoms with Crippen LogP contribution in [0.5, 0.6) is 17.2 Å². The van der Waals surface area contributed by atoms with Crippen LogP contribution in [-0.2, 0) is 19.7 Å². The van der Waals surface area contributed by atoms with Crippen molar-refractivity contribution in [2.24, 2.45) is 0 Å². The van der Waals surface area contributed by atoms with Crippen LogP contribution in [0.4, 0.5) is 0 Å². The van der Waals surface area contributed by atoms with E-state index in [2.05, 4.69) is 6.58 Å². The fourth-order valence-electron chi connectivity index (χ4n) is 4.88. The van der Waals surface area contributed by atoms with Crippen molar-refractivity contribution in [2.75, 3.05) is 0 Å². The van der Waals surface area contributed by atoms with Gasteiger partial charge in [0.1, 0.15) is 51.1 Å². The lowest BCUT2D eigenvalue weighted by molar-refractivity contribution is -0.119. The zero-order valence-corrected chi connectivity index (χ0v) is 22.3. The third-order valence-corrected chi connectivity index (χ3v) is 7.10. The van der Waals surface area contributed by atoms with Gasteiger partial charge in [0, 0.05) is 11.6 Å². The van der Waals surface area contributed by atoms with E-state index in [0.29, 0.717) is 0 Å². The van der Waals surface area contributed by atoms with Crippen LogP contribution in [-0.4, -0.2) is 33.7 Å². The van der Waals surface area contributed by atoms with E-state index in [-0.39, 0.29) is 50.7 Å². The second kappa shape index (κ2) is 9.95. The van der Waals surface area contributed by atoms with Gasteiger partial charge in [-0.05, 0) is 45.0 Å². The molecule has 1 unspecified atom stereocenters. The summed E-state index contributed by atoms with van der Waals surface area (Å²) in [6.07, 6.45) is 1.24. The highest BCUT2D eigenvalue weighted by molar-refractivity contribution is 6.13. The van der Waals surface area contributed by atoms with Crippen molar-refractivity contribution in [2.45, 2.75) is 26.2 Å². The summed E-state index contributed by atoms with van der Waals surface area (Å²) in [7, 11) is 0. The third-order valence-electron chi connectivity index (χ3n) is 7.10. The predicted octanol–water partition coefficient (Wildman–Crippen LogP) is 5.21. The van der Waals surface area contributed by atoms with Crippen molar-refractivity contribution in [1.29, 1.82) is 0 Å². The molecule has 2 aliphatic rings. The molecule has 3 aromatic rings. The molecule has 0 saturated carbocycles. The number of hydrogen-bond donors (Lipinski definition) is 2. The van der Waals surface area contributed by atoms with Gasteiger partial charge >= 0.3 is 11.9 Å². The number of Topliss-reactive ketones (excluding diaryl/α,β-unsaturated/α-hetero) is 2. The topological polar surface area (TPSA) is 136 Å². The molecule has 9 nitrogen and oxygen atoms in total. The van der Waals surface area contributed by atoms with Crippen molar-refractivity contribution in [3.05, 3.63) is 124 Å². The molecule has 0 spiro atoms. The van der Waals surface area contributed by atoms with Gasteiger partial charge in [-0.2, -0.15) is 0 Å². The quantitative estimate of drug-likeness (QED) is 0.240. The van der Waals surface area contributed by atoms with Gasteiger partial charge in [0.05, 0.1) is 16.7 Å². The Morgan fingerprint density at radius 1 is 0.902 bits per heavy atom. The second-order valence-corrected chi connectivity index (χ2v) is 9.70. The molecule has 0 amide bonds. The molecule has 2 N–H and O–H groups in total. The Morgan fingerprint density at radius 3 is 2.02 bits per heavy atom. The molecule has 3 aromatic carbocycles. The van der Waals surface area contributed by atoms with Gasteiger partial charge in [-0.25, -0.2) is 9.59 Å². The number of carbonyl (C=O) groups excluding carboxylic acids is 4. The maximum Gasteiger partial charge on any atom is 0.343 e. The lowest BCUT2D eigenvalue weighted by atomic mass is 9.71. The third kappa shape index (κ3) is 4.28. The van der Waals surface area contributed by atoms with Crippen molar-refractivity contribution >= 4 is 23.5 Å². The minimum absolute atomic E-state index is 0.0333. The van der Waals surface area contributed by atoms with E-state index in [4.69, 9.17) is 14.2 Å². The number of fused-ring (bicyclic) bond motifs is 3. The Hall–Kier alpha value is -5.44. The maximum absolute atomic E-state index is 14.3. The normalized spacial score (nSPS) is 17.1. The summed E-state index contributed by atoms with van der Waals surface area (Å²) in [6.45, 7) is 7.82. The average molecular weight is 553 g/mol. The Bertz CT molecular complexity index is 1730. The van der Waals surface area contributed by atoms with Crippen LogP contribution in [0.2, 0.25) is 0 Å². The number of carbonyl (C=O) groups is 4. The van der Waals surface area contributed by atoms with Crippen LogP contribution < -0.4 is 4.74 Å². The van der Waals surface area contributed by atoms with Crippen LogP contribution in [0.15, 0.2) is 96.2 Å². The molecule has 41 heavy (non-hydrogen) atoms. The van der Waals surface area contributed by atoms with E-state index in [1.54, 1.807) is 36.4 Å². The van der Waals surface area contributed by atoms with E-state index in [0.717, 1.165) is 0 Å². The first-order chi connectivity index (χ1) is 19.5. The smallest absolute Gasteiger partial charge is 0.343 e. The number of ketones is 2. The number of aromatic hydroxyl groups is 2. The van der Waals surface area contributed by atoms with Gasteiger partial charge in [-0.15, -0.1) is 0 Å². The minimum atomic E-state index is -1.76. The van der Waals surface area contributed by atoms with E-state index >= 15 is 0 Å². The fraction of sp³-hybridized carbons (Fsp3) is 0.125. The molecule has 1 aliphatic carbocycles. The Labute approximate surface area is 234 Å². The predicted molar refractivity (Wildman–Crippen MR) is 145 cm³/mol. The number of esters is 2. The van der Waals surface area contributed by atoms with E-state index in [9.17, 15) is 29.4 Å². The zero-order valence-electron chi connectivity index (χ0n) is 22.3. The van der Waals surface area contributed by atoms with Gasteiger partial charge in [-0.1, -0.05) is 43.0 Å². The van der Waals surface area contributed by atoms with Crippen LogP contribution in [0, 0.1) is 6.92 Å². The van der Waals surface area contributed by atoms with Crippen molar-refractivity contribution < 1.29 is 43.6 Å². The largest absolute Gasteiger partial charge is 0.507 e. The second-order valence-electron chi connectivity index (χ2n) is 9.70. The zero-order chi connectivity index (χ0) is 29.6. The maximum atomic E-state index is 14.3. The van der Waals surface area contributed by atoms with Gasteiger partial charge in [0.2, 0.25) is 0 Å². The molecule has 0 saturated heterocycles. The first-order valence-electron chi connectivity index (χ1n) is 12.5. The summed E-state index contributed by atoms with van der Waals surface area (Å²) < 4.78 is 17.0. The van der Waals surface area contributed by atoms with Crippen LogP contribution in [0.25, 0.3) is 0 Å². The van der Waals surface area contributed by atoms with E-state index in [1.807, 2.05) is 0 Å². The lowest BCUT2D eigenvalue weighted by Crippen LogP contribution is -2.38. The van der Waals surface area contributed by atoms with Gasteiger partial charge in [0.25, 0.3) is 0 Å². The summed E-state index contributed by atoms with van der Waals surface area (Å²) in [5.41, 5.74) is -2.07. The molecule has 206 valence electrons. The van der Waals surface area contributed by atoms with E-state index in [1.165, 1.54) is 51.1 Å². The Morgan fingerprint density at radius 2 is 1.46 bits per heavy atom. The molecule has 9 heteroatoms. The first-order valence-corrected chi connectivity index (χ1v) is 12.5. The SMILES string of the molecule is C=C(OC(=O)c1ccccc1)C1=C(OC(=O)c2ccccc2)C=C2Oc3c(C(C)=O)c(O)c(C)c(O)c3C2(C)C1=O. The molecule has 1 aliphatic heterocycles. The highest BCUT2D eigenvalue weighted by atomic mass is 16.6. The number of allylic oxidation sites excluding steroid dienone is 3. The van der Waals surface area contributed by atoms with Crippen molar-refractivity contribution in [3.8, 4) is 17.2 Å². The Balaban J connectivity index is 1.66. The molecule has 1 heterocycles. The summed E-state index contributed by atoms with van der Waals surface area (Å²) in [5.74, 6) is -4.95. The Kier molecular flexibility index (Phi) is 6.58. The molecular weight excluding hydrogens is 528 g/mol. The number of benzene rings is 3. The standard InChI is InChI=1S/C32H24O9/c1-16-26(34)23(17(2)33)28-25(27(16)35)32(4)22(41-28)15-21(40-31(38)20-13-9-6-10-14-20)24(29(32)36)18(3)39-30(37)19-11-7-5-8-12-19/h5-15,34-35H,3H2,1-2,4H3. The highest BCUT2D eigenvalue weighted by Gasteiger charge is 2.56. The van der Waals surface area contributed by atoms with Gasteiger partial charge in [-0.3, -0.25) is 9.59 Å². The number of phenolic OH excluding ortho intramolecular Hbond substituents is 2. The van der Waals surface area contributed by atoms with Crippen molar-refractivity contribution in [3.63, 3.8) is 0 Å². The molecule has 5 rings (SSSR count). The highest BCUT2D eigenvalue weighted by Crippen LogP contribution is 2.58. The fourth-order valence-corrected chi connectivity index (χ4v) is 4.88. The first kappa shape index (κ1) is 27.1. The molecule has 0 fully saturated rings. The minimum Gasteiger partial charge on any atom is -0.507 e. The van der Waals surface area contributed by atoms with Crippen LogP contribution in [0.3, 0.4) is 0 Å². The molecule has 0 aromatic heterocycles. The molecular formula is C32H24O9. The number of phenols is 2. The van der Waals surface area contributed by atoms with Crippen LogP contribution in [0.1, 0.15) is 56.0 Å². The number of ether oxygens (including phenoxy) is 3. The number of rotatable bonds is 6. The van der Waals surface area contributed by atoms with E-state index < -0.39 is 46.2 Å². The van der Waals surface area contributed by atoms with Crippen molar-refractivity contribution in [1.82, 2.24) is 0 Å². The summed E-state index contributed by atoms with van der Waals surface area (Å²) in [6, 6.07) is 16.0. The summed E-state index contributed by atoms with van der Waals surface area (Å²) in [5, 5.41) is 21.7.